The molecule has 0 saturated heterocycles. The van der Waals surface area contributed by atoms with Crippen LogP contribution in [-0.2, 0) is 8.85 Å². The van der Waals surface area contributed by atoms with Gasteiger partial charge < -0.3 is 8.85 Å². The third kappa shape index (κ3) is 7.50. The summed E-state index contributed by atoms with van der Waals surface area (Å²) in [5, 5.41) is 0. The minimum absolute atomic E-state index is 0.169. The zero-order valence-corrected chi connectivity index (χ0v) is 17.4. The van der Waals surface area contributed by atoms with Crippen LogP contribution in [0.2, 0.25) is 12.1 Å². The molecule has 138 valence electrons. The standard InChI is InChI=1S/C21H38O2Si/c1-5-9-10-11-12-16-19-22-24(7-3,8-4)23-21(6-2)20-17-14-13-15-18-20/h13-15,17-18,21H,5-12,16,19H2,1-4H3. The Hall–Kier alpha value is -0.643. The van der Waals surface area contributed by atoms with Crippen LogP contribution in [0.25, 0.3) is 0 Å². The third-order valence-corrected chi connectivity index (χ3v) is 8.44. The molecule has 0 aliphatic carbocycles. The maximum atomic E-state index is 6.63. The summed E-state index contributed by atoms with van der Waals surface area (Å²) in [6.45, 7) is 9.80. The van der Waals surface area contributed by atoms with Crippen molar-refractivity contribution in [2.45, 2.75) is 90.8 Å². The van der Waals surface area contributed by atoms with Crippen molar-refractivity contribution in [2.75, 3.05) is 6.61 Å². The summed E-state index contributed by atoms with van der Waals surface area (Å²) in [6.07, 6.45) is 9.00. The summed E-state index contributed by atoms with van der Waals surface area (Å²) in [5.74, 6) is 0. The lowest BCUT2D eigenvalue weighted by molar-refractivity contribution is 0.108. The average molecular weight is 351 g/mol. The Balaban J connectivity index is 2.50. The molecule has 1 aromatic rings. The molecule has 0 amide bonds. The van der Waals surface area contributed by atoms with Crippen molar-refractivity contribution in [2.24, 2.45) is 0 Å². The molecule has 2 nitrogen and oxygen atoms in total. The minimum Gasteiger partial charge on any atom is -0.394 e. The molecule has 1 atom stereocenters. The normalized spacial score (nSPS) is 13.2. The molecule has 1 unspecified atom stereocenters. The van der Waals surface area contributed by atoms with E-state index in [-0.39, 0.29) is 6.10 Å². The lowest BCUT2D eigenvalue weighted by Crippen LogP contribution is -2.42. The summed E-state index contributed by atoms with van der Waals surface area (Å²) in [5.41, 5.74) is 1.28. The van der Waals surface area contributed by atoms with E-state index in [1.54, 1.807) is 0 Å². The second-order valence-corrected chi connectivity index (χ2v) is 10.4. The highest BCUT2D eigenvalue weighted by atomic mass is 28.4. The molecule has 0 fully saturated rings. The summed E-state index contributed by atoms with van der Waals surface area (Å²) in [6, 6.07) is 12.7. The van der Waals surface area contributed by atoms with Gasteiger partial charge in [0.05, 0.1) is 6.10 Å². The second-order valence-electron chi connectivity index (χ2n) is 6.66. The summed E-state index contributed by atoms with van der Waals surface area (Å²) < 4.78 is 13.0. The molecule has 1 aromatic carbocycles. The molecule has 0 N–H and O–H groups in total. The first kappa shape index (κ1) is 21.4. The van der Waals surface area contributed by atoms with Crippen LogP contribution in [0.15, 0.2) is 30.3 Å². The Morgan fingerprint density at radius 1 is 0.833 bits per heavy atom. The quantitative estimate of drug-likeness (QED) is 0.265. The van der Waals surface area contributed by atoms with Crippen LogP contribution < -0.4 is 0 Å². The molecule has 0 aromatic heterocycles. The fraction of sp³-hybridized carbons (Fsp3) is 0.714. The van der Waals surface area contributed by atoms with Crippen molar-refractivity contribution >= 4 is 8.56 Å². The molecule has 0 aliphatic heterocycles. The van der Waals surface area contributed by atoms with E-state index < -0.39 is 8.56 Å². The molecule has 0 radical (unpaired) electrons. The largest absolute Gasteiger partial charge is 0.394 e. The van der Waals surface area contributed by atoms with E-state index in [0.717, 1.165) is 25.1 Å². The van der Waals surface area contributed by atoms with Crippen molar-refractivity contribution < 1.29 is 8.85 Å². The fourth-order valence-corrected chi connectivity index (χ4v) is 5.76. The number of benzene rings is 1. The van der Waals surface area contributed by atoms with E-state index in [1.165, 1.54) is 44.1 Å². The zero-order valence-electron chi connectivity index (χ0n) is 16.4. The van der Waals surface area contributed by atoms with Crippen LogP contribution in [0.4, 0.5) is 0 Å². The SMILES string of the molecule is CCCCCCCCO[Si](CC)(CC)OC(CC)c1ccccc1. The van der Waals surface area contributed by atoms with Crippen molar-refractivity contribution in [3.63, 3.8) is 0 Å². The first-order valence-electron chi connectivity index (χ1n) is 10.1. The van der Waals surface area contributed by atoms with Crippen LogP contribution in [-0.4, -0.2) is 15.2 Å². The highest BCUT2D eigenvalue weighted by Gasteiger charge is 2.36. The van der Waals surface area contributed by atoms with Gasteiger partial charge in [-0.05, 0) is 30.5 Å². The molecule has 0 spiro atoms. The van der Waals surface area contributed by atoms with Gasteiger partial charge in [-0.3, -0.25) is 0 Å². The fourth-order valence-electron chi connectivity index (χ4n) is 3.11. The predicted octanol–water partition coefficient (Wildman–Crippen LogP) is 7.01. The molecule has 0 aliphatic rings. The van der Waals surface area contributed by atoms with Gasteiger partial charge in [0.25, 0.3) is 0 Å². The average Bonchev–Trinajstić information content (AvgIpc) is 2.64. The van der Waals surface area contributed by atoms with Gasteiger partial charge in [-0.2, -0.15) is 0 Å². The van der Waals surface area contributed by atoms with Gasteiger partial charge in [-0.1, -0.05) is 90.1 Å². The van der Waals surface area contributed by atoms with Gasteiger partial charge in [0.1, 0.15) is 0 Å². The van der Waals surface area contributed by atoms with Gasteiger partial charge in [-0.15, -0.1) is 0 Å². The number of hydrogen-bond acceptors (Lipinski definition) is 2. The topological polar surface area (TPSA) is 18.5 Å². The maximum Gasteiger partial charge on any atom is 0.338 e. The molecule has 0 saturated carbocycles. The van der Waals surface area contributed by atoms with Gasteiger partial charge in [0, 0.05) is 6.61 Å². The minimum atomic E-state index is -2.09. The smallest absolute Gasteiger partial charge is 0.338 e. The van der Waals surface area contributed by atoms with Crippen molar-refractivity contribution in [1.82, 2.24) is 0 Å². The van der Waals surface area contributed by atoms with E-state index in [4.69, 9.17) is 8.85 Å². The van der Waals surface area contributed by atoms with E-state index in [0.29, 0.717) is 0 Å². The van der Waals surface area contributed by atoms with Gasteiger partial charge in [0.15, 0.2) is 0 Å². The highest BCUT2D eigenvalue weighted by Crippen LogP contribution is 2.30. The molecular weight excluding hydrogens is 312 g/mol. The van der Waals surface area contributed by atoms with Crippen LogP contribution >= 0.6 is 0 Å². The Morgan fingerprint density at radius 2 is 1.46 bits per heavy atom. The summed E-state index contributed by atoms with van der Waals surface area (Å²) >= 11 is 0. The molecular formula is C21H38O2Si. The van der Waals surface area contributed by atoms with E-state index in [1.807, 2.05) is 0 Å². The summed E-state index contributed by atoms with van der Waals surface area (Å²) in [7, 11) is -2.09. The van der Waals surface area contributed by atoms with Crippen molar-refractivity contribution in [1.29, 1.82) is 0 Å². The molecule has 1 rings (SSSR count). The zero-order chi connectivity index (χ0) is 17.7. The number of unbranched alkanes of at least 4 members (excludes halogenated alkanes) is 5. The molecule has 3 heteroatoms. The van der Waals surface area contributed by atoms with Gasteiger partial charge in [-0.25, -0.2) is 0 Å². The second kappa shape index (κ2) is 12.7. The van der Waals surface area contributed by atoms with E-state index in [2.05, 4.69) is 58.0 Å². The maximum absolute atomic E-state index is 6.63. The lowest BCUT2D eigenvalue weighted by Gasteiger charge is -2.33. The molecule has 0 bridgehead atoms. The van der Waals surface area contributed by atoms with Crippen LogP contribution in [0.5, 0.6) is 0 Å². The van der Waals surface area contributed by atoms with Crippen molar-refractivity contribution in [3.8, 4) is 0 Å². The number of rotatable bonds is 14. The monoisotopic (exact) mass is 350 g/mol. The van der Waals surface area contributed by atoms with Crippen LogP contribution in [0.1, 0.15) is 84.3 Å². The van der Waals surface area contributed by atoms with Crippen LogP contribution in [0, 0.1) is 0 Å². The Labute approximate surface area is 151 Å². The van der Waals surface area contributed by atoms with Gasteiger partial charge in [0.2, 0.25) is 0 Å². The highest BCUT2D eigenvalue weighted by molar-refractivity contribution is 6.67. The lowest BCUT2D eigenvalue weighted by atomic mass is 10.1. The summed E-state index contributed by atoms with van der Waals surface area (Å²) in [4.78, 5) is 0. The molecule has 0 heterocycles. The number of hydrogen-bond donors (Lipinski definition) is 0. The van der Waals surface area contributed by atoms with E-state index >= 15 is 0 Å². The Bertz CT molecular complexity index is 404. The Kier molecular flexibility index (Phi) is 11.3. The Morgan fingerprint density at radius 3 is 2.04 bits per heavy atom. The predicted molar refractivity (Wildman–Crippen MR) is 107 cm³/mol. The van der Waals surface area contributed by atoms with Crippen LogP contribution in [0.3, 0.4) is 0 Å². The third-order valence-electron chi connectivity index (χ3n) is 4.84. The molecule has 24 heavy (non-hydrogen) atoms. The first-order chi connectivity index (χ1) is 11.7. The van der Waals surface area contributed by atoms with Crippen molar-refractivity contribution in [3.05, 3.63) is 35.9 Å². The first-order valence-corrected chi connectivity index (χ1v) is 12.3. The van der Waals surface area contributed by atoms with E-state index in [9.17, 15) is 0 Å². The van der Waals surface area contributed by atoms with Gasteiger partial charge >= 0.3 is 8.56 Å².